The molecule has 17 heavy (non-hydrogen) atoms. The van der Waals surface area contributed by atoms with Gasteiger partial charge in [-0.15, -0.1) is 0 Å². The molecule has 2 aromatic rings. The molecule has 0 aliphatic heterocycles. The lowest BCUT2D eigenvalue weighted by Gasteiger charge is -1.97. The molecule has 0 radical (unpaired) electrons. The van der Waals surface area contributed by atoms with Crippen LogP contribution in [0.25, 0.3) is 10.9 Å². The van der Waals surface area contributed by atoms with Crippen molar-refractivity contribution < 1.29 is 17.5 Å². The van der Waals surface area contributed by atoms with Crippen molar-refractivity contribution in [3.8, 4) is 0 Å². The highest BCUT2D eigenvalue weighted by atomic mass is 32.2. The number of hydrogen-bond acceptors (Lipinski definition) is 3. The van der Waals surface area contributed by atoms with Crippen molar-refractivity contribution in [1.29, 1.82) is 0 Å². The van der Waals surface area contributed by atoms with E-state index in [-0.39, 0.29) is 5.75 Å². The first-order chi connectivity index (χ1) is 7.94. The molecule has 1 aromatic carbocycles. The molecule has 0 bridgehead atoms. The highest BCUT2D eigenvalue weighted by molar-refractivity contribution is 7.85. The number of rotatable bonds is 1. The normalized spacial score (nSPS) is 10.8. The van der Waals surface area contributed by atoms with Crippen LogP contribution in [0.5, 0.6) is 0 Å². The van der Waals surface area contributed by atoms with E-state index in [2.05, 4.69) is 54.2 Å². The molecule has 0 N–H and O–H groups in total. The molecular weight excluding hydrogens is 238 g/mol. The Labute approximate surface area is 101 Å². The number of pyridine rings is 1. The summed E-state index contributed by atoms with van der Waals surface area (Å²) in [6.45, 7) is 1.31. The quantitative estimate of drug-likeness (QED) is 0.567. The highest BCUT2D eigenvalue weighted by Gasteiger charge is 1.99. The number of hydrogen-bond donors (Lipinski definition) is 0. The second-order valence-electron chi connectivity index (χ2n) is 3.52. The maximum absolute atomic E-state index is 9.44. The smallest absolute Gasteiger partial charge is 0.212 e. The largest absolute Gasteiger partial charge is 0.748 e. The number of fused-ring (bicyclic) bond motifs is 1. The topological polar surface area (TPSA) is 61.1 Å². The third kappa shape index (κ3) is 4.50. The fourth-order valence-corrected chi connectivity index (χ4v) is 1.31. The SMILES string of the molecule is CCS(=O)(=O)[O-].C[n+]1cccc2ccccc21. The van der Waals surface area contributed by atoms with Crippen LogP contribution in [0.15, 0.2) is 42.6 Å². The minimum Gasteiger partial charge on any atom is -0.748 e. The van der Waals surface area contributed by atoms with E-state index >= 15 is 0 Å². The van der Waals surface area contributed by atoms with Crippen LogP contribution >= 0.6 is 0 Å². The van der Waals surface area contributed by atoms with Crippen molar-refractivity contribution in [3.05, 3.63) is 42.6 Å². The summed E-state index contributed by atoms with van der Waals surface area (Å²) < 4.78 is 30.5. The van der Waals surface area contributed by atoms with Gasteiger partial charge in [0.05, 0.1) is 10.1 Å². The molecule has 92 valence electrons. The summed E-state index contributed by atoms with van der Waals surface area (Å²) >= 11 is 0. The Hall–Kier alpha value is -1.46. The molecule has 0 saturated carbocycles. The van der Waals surface area contributed by atoms with Gasteiger partial charge < -0.3 is 4.55 Å². The predicted octanol–water partition coefficient (Wildman–Crippen LogP) is 1.22. The van der Waals surface area contributed by atoms with Crippen molar-refractivity contribution in [2.75, 3.05) is 5.75 Å². The summed E-state index contributed by atoms with van der Waals surface area (Å²) in [6.07, 6.45) is 2.06. The Bertz CT molecular complexity index is 588. The Balaban J connectivity index is 0.000000209. The molecule has 0 saturated heterocycles. The maximum atomic E-state index is 9.44. The molecule has 5 heteroatoms. The Morgan fingerprint density at radius 3 is 2.24 bits per heavy atom. The summed E-state index contributed by atoms with van der Waals surface area (Å²) in [5, 5.41) is 1.29. The van der Waals surface area contributed by atoms with Gasteiger partial charge in [-0.2, -0.15) is 0 Å². The summed E-state index contributed by atoms with van der Waals surface area (Å²) in [4.78, 5) is 0. The first-order valence-corrected chi connectivity index (χ1v) is 6.78. The lowest BCUT2D eigenvalue weighted by molar-refractivity contribution is -0.644. The predicted molar refractivity (Wildman–Crippen MR) is 65.4 cm³/mol. The monoisotopic (exact) mass is 253 g/mol. The molecule has 0 aliphatic rings. The molecule has 0 amide bonds. The van der Waals surface area contributed by atoms with E-state index in [1.165, 1.54) is 17.8 Å². The molecule has 1 heterocycles. The first kappa shape index (κ1) is 13.6. The number of para-hydroxylation sites is 1. The Morgan fingerprint density at radius 1 is 1.18 bits per heavy atom. The molecule has 0 spiro atoms. The molecule has 2 rings (SSSR count). The summed E-state index contributed by atoms with van der Waals surface area (Å²) in [5.74, 6) is -0.312. The van der Waals surface area contributed by atoms with Gasteiger partial charge in [0.1, 0.15) is 7.05 Å². The van der Waals surface area contributed by atoms with Gasteiger partial charge in [0, 0.05) is 23.3 Å². The van der Waals surface area contributed by atoms with Gasteiger partial charge in [0.2, 0.25) is 5.52 Å². The molecule has 1 aromatic heterocycles. The van der Waals surface area contributed by atoms with E-state index in [1.807, 2.05) is 0 Å². The molecule has 0 fully saturated rings. The van der Waals surface area contributed by atoms with Gasteiger partial charge in [0.25, 0.3) is 0 Å². The van der Waals surface area contributed by atoms with Crippen molar-refractivity contribution in [1.82, 2.24) is 0 Å². The standard InChI is InChI=1S/C10H10N.C2H6O3S/c1-11-8-4-6-9-5-2-3-7-10(9)11;1-2-6(3,4)5/h2-8H,1H3;2H2,1H3,(H,3,4,5)/q+1;/p-1. The second kappa shape index (κ2) is 5.75. The molecule has 0 aliphatic carbocycles. The van der Waals surface area contributed by atoms with Gasteiger partial charge in [-0.3, -0.25) is 0 Å². The molecule has 0 unspecified atom stereocenters. The second-order valence-corrected chi connectivity index (χ2v) is 5.22. The van der Waals surface area contributed by atoms with Gasteiger partial charge >= 0.3 is 0 Å². The lowest BCUT2D eigenvalue weighted by Crippen LogP contribution is -2.27. The Kier molecular flexibility index (Phi) is 4.60. The fraction of sp³-hybridized carbons (Fsp3) is 0.250. The zero-order valence-corrected chi connectivity index (χ0v) is 10.6. The van der Waals surface area contributed by atoms with Gasteiger partial charge in [-0.1, -0.05) is 19.1 Å². The van der Waals surface area contributed by atoms with Crippen LogP contribution in [-0.2, 0) is 17.2 Å². The van der Waals surface area contributed by atoms with Crippen molar-refractivity contribution in [3.63, 3.8) is 0 Å². The van der Waals surface area contributed by atoms with Crippen LogP contribution in [0.2, 0.25) is 0 Å². The summed E-state index contributed by atoms with van der Waals surface area (Å²) in [6, 6.07) is 12.5. The van der Waals surface area contributed by atoms with E-state index in [0.29, 0.717) is 0 Å². The third-order valence-electron chi connectivity index (χ3n) is 2.26. The number of aryl methyl sites for hydroxylation is 1. The van der Waals surface area contributed by atoms with E-state index in [0.717, 1.165) is 0 Å². The molecule has 4 nitrogen and oxygen atoms in total. The van der Waals surface area contributed by atoms with Crippen LogP contribution < -0.4 is 4.57 Å². The van der Waals surface area contributed by atoms with E-state index in [1.54, 1.807) is 0 Å². The van der Waals surface area contributed by atoms with Crippen molar-refractivity contribution in [2.24, 2.45) is 7.05 Å². The van der Waals surface area contributed by atoms with Crippen LogP contribution in [0, 0.1) is 0 Å². The summed E-state index contributed by atoms with van der Waals surface area (Å²) in [5.41, 5.74) is 1.27. The van der Waals surface area contributed by atoms with Gasteiger partial charge in [-0.25, -0.2) is 13.0 Å². The van der Waals surface area contributed by atoms with E-state index < -0.39 is 10.1 Å². The average molecular weight is 253 g/mol. The number of benzene rings is 1. The van der Waals surface area contributed by atoms with Crippen LogP contribution in [0.4, 0.5) is 0 Å². The Morgan fingerprint density at radius 2 is 1.71 bits per heavy atom. The van der Waals surface area contributed by atoms with Crippen LogP contribution in [0.3, 0.4) is 0 Å². The van der Waals surface area contributed by atoms with Crippen LogP contribution in [-0.4, -0.2) is 18.7 Å². The zero-order valence-electron chi connectivity index (χ0n) is 9.83. The highest BCUT2D eigenvalue weighted by Crippen LogP contribution is 2.06. The first-order valence-electron chi connectivity index (χ1n) is 5.21. The number of aromatic nitrogens is 1. The fourth-order valence-electron chi connectivity index (χ4n) is 1.31. The van der Waals surface area contributed by atoms with Gasteiger partial charge in [-0.05, 0) is 12.1 Å². The van der Waals surface area contributed by atoms with Crippen molar-refractivity contribution in [2.45, 2.75) is 6.92 Å². The van der Waals surface area contributed by atoms with Crippen molar-refractivity contribution >= 4 is 21.0 Å². The average Bonchev–Trinajstić information content (AvgIpc) is 2.30. The minimum absolute atomic E-state index is 0.312. The van der Waals surface area contributed by atoms with E-state index in [4.69, 9.17) is 0 Å². The lowest BCUT2D eigenvalue weighted by atomic mass is 10.2. The third-order valence-corrected chi connectivity index (χ3v) is 2.96. The zero-order chi connectivity index (χ0) is 12.9. The molecule has 0 atom stereocenters. The number of nitrogens with zero attached hydrogens (tertiary/aromatic N) is 1. The molecular formula is C12H15NO3S. The van der Waals surface area contributed by atoms with E-state index in [9.17, 15) is 13.0 Å². The maximum Gasteiger partial charge on any atom is 0.212 e. The summed E-state index contributed by atoms with van der Waals surface area (Å²) in [7, 11) is -1.85. The minimum atomic E-state index is -3.91. The van der Waals surface area contributed by atoms with Gasteiger partial charge in [0.15, 0.2) is 6.20 Å². The van der Waals surface area contributed by atoms with Crippen LogP contribution in [0.1, 0.15) is 6.92 Å².